The lowest BCUT2D eigenvalue weighted by atomic mass is 10.0. The molecule has 88 valence electrons. The van der Waals surface area contributed by atoms with E-state index in [4.69, 9.17) is 9.47 Å². The van der Waals surface area contributed by atoms with Gasteiger partial charge in [0.15, 0.2) is 0 Å². The molecule has 4 nitrogen and oxygen atoms in total. The molecule has 4 heteroatoms. The van der Waals surface area contributed by atoms with E-state index in [1.165, 1.54) is 7.11 Å². The number of rotatable bonds is 1. The minimum Gasteiger partial charge on any atom is -0.492 e. The van der Waals surface area contributed by atoms with Gasteiger partial charge in [0.1, 0.15) is 12.4 Å². The van der Waals surface area contributed by atoms with Crippen LogP contribution in [0.2, 0.25) is 0 Å². The van der Waals surface area contributed by atoms with Gasteiger partial charge in [0.25, 0.3) is 0 Å². The molecule has 0 spiro atoms. The van der Waals surface area contributed by atoms with Gasteiger partial charge in [0.05, 0.1) is 13.0 Å². The van der Waals surface area contributed by atoms with Crippen LogP contribution < -0.4 is 4.74 Å². The molecule has 0 radical (unpaired) electrons. The Bertz CT molecular complexity index is 573. The van der Waals surface area contributed by atoms with Gasteiger partial charge in [0.2, 0.25) is 0 Å². The van der Waals surface area contributed by atoms with Gasteiger partial charge in [0, 0.05) is 17.1 Å². The number of methoxy groups -OCH3 is 1. The van der Waals surface area contributed by atoms with Gasteiger partial charge in [-0.1, -0.05) is 6.07 Å². The normalized spacial score (nSPS) is 18.5. The molecule has 3 rings (SSSR count). The van der Waals surface area contributed by atoms with Crippen molar-refractivity contribution < 1.29 is 14.3 Å². The highest BCUT2D eigenvalue weighted by Crippen LogP contribution is 2.33. The molecule has 0 saturated carbocycles. The van der Waals surface area contributed by atoms with E-state index < -0.39 is 0 Å². The number of benzene rings is 1. The van der Waals surface area contributed by atoms with Crippen molar-refractivity contribution in [3.05, 3.63) is 30.0 Å². The molecule has 0 amide bonds. The second-order valence-corrected chi connectivity index (χ2v) is 4.23. The molecule has 1 aliphatic rings. The van der Waals surface area contributed by atoms with E-state index in [2.05, 4.69) is 4.98 Å². The van der Waals surface area contributed by atoms with Crippen molar-refractivity contribution in [3.8, 4) is 5.75 Å². The molecule has 1 aromatic carbocycles. The van der Waals surface area contributed by atoms with E-state index in [1.54, 1.807) is 0 Å². The molecule has 1 atom stereocenters. The number of carbonyl (C=O) groups excluding carboxylic acids is 1. The molecule has 0 aliphatic carbocycles. The summed E-state index contributed by atoms with van der Waals surface area (Å²) in [4.78, 5) is 14.8. The SMILES string of the molecule is COC(=O)[C@H]1COc2cccc3[nH]cc(c23)C1. The fourth-order valence-corrected chi connectivity index (χ4v) is 2.33. The van der Waals surface area contributed by atoms with Gasteiger partial charge >= 0.3 is 5.97 Å². The molecule has 0 unspecified atom stereocenters. The summed E-state index contributed by atoms with van der Waals surface area (Å²) >= 11 is 0. The highest BCUT2D eigenvalue weighted by molar-refractivity contribution is 5.90. The van der Waals surface area contributed by atoms with E-state index in [1.807, 2.05) is 24.4 Å². The summed E-state index contributed by atoms with van der Waals surface area (Å²) in [6.45, 7) is 0.375. The van der Waals surface area contributed by atoms with Crippen LogP contribution in [0.15, 0.2) is 24.4 Å². The smallest absolute Gasteiger partial charge is 0.312 e. The lowest BCUT2D eigenvalue weighted by Gasteiger charge is -2.11. The minimum absolute atomic E-state index is 0.216. The molecule has 2 aromatic rings. The number of ether oxygens (including phenoxy) is 2. The van der Waals surface area contributed by atoms with E-state index in [9.17, 15) is 4.79 Å². The highest BCUT2D eigenvalue weighted by atomic mass is 16.5. The highest BCUT2D eigenvalue weighted by Gasteiger charge is 2.26. The minimum atomic E-state index is -0.230. The summed E-state index contributed by atoms with van der Waals surface area (Å²) in [5.41, 5.74) is 2.16. The lowest BCUT2D eigenvalue weighted by Crippen LogP contribution is -2.24. The van der Waals surface area contributed by atoms with Crippen LogP contribution in [-0.2, 0) is 16.0 Å². The third-order valence-corrected chi connectivity index (χ3v) is 3.19. The predicted molar refractivity (Wildman–Crippen MR) is 63.0 cm³/mol. The Balaban J connectivity index is 2.07. The molecule has 0 bridgehead atoms. The number of aromatic nitrogens is 1. The van der Waals surface area contributed by atoms with E-state index >= 15 is 0 Å². The Morgan fingerprint density at radius 3 is 3.24 bits per heavy atom. The van der Waals surface area contributed by atoms with Crippen molar-refractivity contribution in [2.24, 2.45) is 5.92 Å². The number of nitrogens with one attached hydrogen (secondary N) is 1. The molecular formula is C13H13NO3. The first-order chi connectivity index (χ1) is 8.29. The van der Waals surface area contributed by atoms with Crippen molar-refractivity contribution >= 4 is 16.9 Å². The maximum Gasteiger partial charge on any atom is 0.312 e. The fraction of sp³-hybridized carbons (Fsp3) is 0.308. The van der Waals surface area contributed by atoms with Crippen LogP contribution in [0.3, 0.4) is 0 Å². The third kappa shape index (κ3) is 1.56. The van der Waals surface area contributed by atoms with Gasteiger partial charge < -0.3 is 14.5 Å². The first kappa shape index (κ1) is 10.2. The standard InChI is InChI=1S/C13H13NO3/c1-16-13(15)9-5-8-6-14-10-3-2-4-11(12(8)10)17-7-9/h2-4,6,9,14H,5,7H2,1H3/t9-/m1/s1. The Morgan fingerprint density at radius 1 is 1.53 bits per heavy atom. The van der Waals surface area contributed by atoms with Gasteiger partial charge in [-0.25, -0.2) is 0 Å². The number of carbonyl (C=O) groups is 1. The van der Waals surface area contributed by atoms with Crippen molar-refractivity contribution in [1.29, 1.82) is 0 Å². The van der Waals surface area contributed by atoms with Gasteiger partial charge in [-0.2, -0.15) is 0 Å². The molecule has 1 aromatic heterocycles. The predicted octanol–water partition coefficient (Wildman–Crippen LogP) is 1.89. The Kier molecular flexibility index (Phi) is 2.28. The van der Waals surface area contributed by atoms with E-state index in [-0.39, 0.29) is 11.9 Å². The topological polar surface area (TPSA) is 51.3 Å². The fourth-order valence-electron chi connectivity index (χ4n) is 2.33. The summed E-state index contributed by atoms with van der Waals surface area (Å²) in [5.74, 6) is 0.392. The van der Waals surface area contributed by atoms with Crippen LogP contribution >= 0.6 is 0 Å². The summed E-state index contributed by atoms with van der Waals surface area (Å²) in [7, 11) is 1.41. The number of hydrogen-bond acceptors (Lipinski definition) is 3. The van der Waals surface area contributed by atoms with Crippen LogP contribution in [-0.4, -0.2) is 24.7 Å². The van der Waals surface area contributed by atoms with Crippen molar-refractivity contribution in [2.45, 2.75) is 6.42 Å². The van der Waals surface area contributed by atoms with Crippen molar-refractivity contribution in [3.63, 3.8) is 0 Å². The summed E-state index contributed by atoms with van der Waals surface area (Å²) in [6, 6.07) is 5.87. The molecule has 17 heavy (non-hydrogen) atoms. The average molecular weight is 231 g/mol. The molecule has 1 aliphatic heterocycles. The first-order valence-corrected chi connectivity index (χ1v) is 5.59. The zero-order chi connectivity index (χ0) is 11.8. The van der Waals surface area contributed by atoms with Gasteiger partial charge in [-0.05, 0) is 24.1 Å². The van der Waals surface area contributed by atoms with E-state index in [0.717, 1.165) is 22.2 Å². The Hall–Kier alpha value is -1.97. The van der Waals surface area contributed by atoms with Crippen LogP contribution in [0, 0.1) is 5.92 Å². The van der Waals surface area contributed by atoms with Crippen LogP contribution in [0.1, 0.15) is 5.56 Å². The van der Waals surface area contributed by atoms with Gasteiger partial charge in [-0.15, -0.1) is 0 Å². The maximum absolute atomic E-state index is 11.6. The first-order valence-electron chi connectivity index (χ1n) is 5.59. The van der Waals surface area contributed by atoms with E-state index in [0.29, 0.717) is 13.0 Å². The maximum atomic E-state index is 11.6. The third-order valence-electron chi connectivity index (χ3n) is 3.19. The lowest BCUT2D eigenvalue weighted by molar-refractivity contribution is -0.146. The zero-order valence-corrected chi connectivity index (χ0v) is 9.53. The average Bonchev–Trinajstić information content (AvgIpc) is 2.66. The molecular weight excluding hydrogens is 218 g/mol. The Labute approximate surface area is 98.5 Å². The summed E-state index contributed by atoms with van der Waals surface area (Å²) in [6.07, 6.45) is 2.60. The molecule has 0 saturated heterocycles. The van der Waals surface area contributed by atoms with Crippen LogP contribution in [0.5, 0.6) is 5.75 Å². The second kappa shape index (κ2) is 3.80. The van der Waals surface area contributed by atoms with Gasteiger partial charge in [-0.3, -0.25) is 4.79 Å². The quantitative estimate of drug-likeness (QED) is 0.762. The molecule has 0 fully saturated rings. The Morgan fingerprint density at radius 2 is 2.41 bits per heavy atom. The number of H-pyrrole nitrogens is 1. The van der Waals surface area contributed by atoms with Crippen LogP contribution in [0.4, 0.5) is 0 Å². The number of aromatic amines is 1. The molecule has 1 N–H and O–H groups in total. The molecule has 2 heterocycles. The number of esters is 1. The summed E-state index contributed by atoms with van der Waals surface area (Å²) < 4.78 is 10.5. The van der Waals surface area contributed by atoms with Crippen molar-refractivity contribution in [1.82, 2.24) is 4.98 Å². The van der Waals surface area contributed by atoms with Crippen LogP contribution in [0.25, 0.3) is 10.9 Å². The monoisotopic (exact) mass is 231 g/mol. The summed E-state index contributed by atoms with van der Waals surface area (Å²) in [5, 5.41) is 1.08. The number of hydrogen-bond donors (Lipinski definition) is 1. The van der Waals surface area contributed by atoms with Crippen molar-refractivity contribution in [2.75, 3.05) is 13.7 Å². The zero-order valence-electron chi connectivity index (χ0n) is 9.53. The second-order valence-electron chi connectivity index (χ2n) is 4.23. The largest absolute Gasteiger partial charge is 0.492 e.